The van der Waals surface area contributed by atoms with Crippen LogP contribution in [0.2, 0.25) is 0 Å². The van der Waals surface area contributed by atoms with Crippen molar-refractivity contribution in [1.29, 1.82) is 0 Å². The first-order valence-corrected chi connectivity index (χ1v) is 8.30. The Morgan fingerprint density at radius 2 is 1.96 bits per heavy atom. The standard InChI is InChI=1S/C16H16N4O2S/c1-10-7-15(20-22-10)19-16(21)9-23-8-14-11(2)17-12-5-3-4-6-13(12)18-14/h3-7H,8-9H2,1-2H3,(H,19,20,21). The highest BCUT2D eigenvalue weighted by Crippen LogP contribution is 2.17. The first kappa shape index (κ1) is 15.5. The lowest BCUT2D eigenvalue weighted by molar-refractivity contribution is -0.113. The molecule has 0 aliphatic heterocycles. The Bertz CT molecular complexity index is 847. The van der Waals surface area contributed by atoms with Gasteiger partial charge in [-0.2, -0.15) is 0 Å². The third-order valence-corrected chi connectivity index (χ3v) is 4.15. The van der Waals surface area contributed by atoms with Crippen molar-refractivity contribution in [3.05, 3.63) is 47.5 Å². The fraction of sp³-hybridized carbons (Fsp3) is 0.250. The van der Waals surface area contributed by atoms with E-state index in [0.717, 1.165) is 22.4 Å². The Balaban J connectivity index is 1.58. The number of hydrogen-bond donors (Lipinski definition) is 1. The highest BCUT2D eigenvalue weighted by atomic mass is 32.2. The molecule has 0 spiro atoms. The van der Waals surface area contributed by atoms with Crippen LogP contribution in [0.25, 0.3) is 11.0 Å². The Morgan fingerprint density at radius 3 is 2.65 bits per heavy atom. The van der Waals surface area contributed by atoms with Gasteiger partial charge < -0.3 is 9.84 Å². The Kier molecular flexibility index (Phi) is 4.57. The highest BCUT2D eigenvalue weighted by molar-refractivity contribution is 7.99. The van der Waals surface area contributed by atoms with Gasteiger partial charge in [-0.3, -0.25) is 4.79 Å². The van der Waals surface area contributed by atoms with Crippen molar-refractivity contribution in [2.75, 3.05) is 11.1 Å². The number of nitrogens with one attached hydrogen (secondary N) is 1. The molecule has 23 heavy (non-hydrogen) atoms. The third-order valence-electron chi connectivity index (χ3n) is 3.21. The number of fused-ring (bicyclic) bond motifs is 1. The van der Waals surface area contributed by atoms with E-state index in [1.807, 2.05) is 31.2 Å². The molecule has 6 nitrogen and oxygen atoms in total. The lowest BCUT2D eigenvalue weighted by atomic mass is 10.2. The number of carbonyl (C=O) groups is 1. The molecule has 0 saturated heterocycles. The van der Waals surface area contributed by atoms with Crippen LogP contribution in [0.5, 0.6) is 0 Å². The molecule has 0 atom stereocenters. The number of nitrogens with zero attached hydrogens (tertiary/aromatic N) is 3. The third kappa shape index (κ3) is 3.87. The number of thioether (sulfide) groups is 1. The lowest BCUT2D eigenvalue weighted by Crippen LogP contribution is -2.14. The number of anilines is 1. The van der Waals surface area contributed by atoms with E-state index in [0.29, 0.717) is 23.1 Å². The molecule has 2 aromatic heterocycles. The zero-order chi connectivity index (χ0) is 16.2. The number of para-hydroxylation sites is 2. The zero-order valence-corrected chi connectivity index (χ0v) is 13.7. The molecule has 3 rings (SSSR count). The SMILES string of the molecule is Cc1cc(NC(=O)CSCc2nc3ccccc3nc2C)no1. The second-order valence-corrected chi connectivity index (χ2v) is 6.09. The van der Waals surface area contributed by atoms with Gasteiger partial charge >= 0.3 is 0 Å². The van der Waals surface area contributed by atoms with Crippen LogP contribution in [-0.2, 0) is 10.5 Å². The summed E-state index contributed by atoms with van der Waals surface area (Å²) in [5.74, 6) is 1.94. The van der Waals surface area contributed by atoms with E-state index >= 15 is 0 Å². The summed E-state index contributed by atoms with van der Waals surface area (Å²) in [5.41, 5.74) is 3.55. The fourth-order valence-corrected chi connectivity index (χ4v) is 2.93. The smallest absolute Gasteiger partial charge is 0.235 e. The van der Waals surface area contributed by atoms with E-state index in [9.17, 15) is 4.79 Å². The summed E-state index contributed by atoms with van der Waals surface area (Å²) in [5, 5.41) is 6.42. The largest absolute Gasteiger partial charge is 0.360 e. The maximum Gasteiger partial charge on any atom is 0.235 e. The van der Waals surface area contributed by atoms with Gasteiger partial charge in [-0.1, -0.05) is 17.3 Å². The van der Waals surface area contributed by atoms with Crippen LogP contribution < -0.4 is 5.32 Å². The lowest BCUT2D eigenvalue weighted by Gasteiger charge is -2.06. The zero-order valence-electron chi connectivity index (χ0n) is 12.9. The Morgan fingerprint density at radius 1 is 1.22 bits per heavy atom. The van der Waals surface area contributed by atoms with Gasteiger partial charge in [-0.15, -0.1) is 11.8 Å². The number of carbonyl (C=O) groups excluding carboxylic acids is 1. The molecule has 118 valence electrons. The van der Waals surface area contributed by atoms with Crippen LogP contribution in [0.15, 0.2) is 34.9 Å². The van der Waals surface area contributed by atoms with Crippen LogP contribution in [0.4, 0.5) is 5.82 Å². The van der Waals surface area contributed by atoms with Crippen molar-refractivity contribution < 1.29 is 9.32 Å². The average molecular weight is 328 g/mol. The molecule has 0 radical (unpaired) electrons. The van der Waals surface area contributed by atoms with Crippen molar-refractivity contribution in [1.82, 2.24) is 15.1 Å². The van der Waals surface area contributed by atoms with E-state index in [1.54, 1.807) is 13.0 Å². The topological polar surface area (TPSA) is 80.9 Å². The van der Waals surface area contributed by atoms with Crippen LogP contribution in [0, 0.1) is 13.8 Å². The fourth-order valence-electron chi connectivity index (χ4n) is 2.11. The van der Waals surface area contributed by atoms with Crippen molar-refractivity contribution in [3.8, 4) is 0 Å². The minimum Gasteiger partial charge on any atom is -0.360 e. The minimum absolute atomic E-state index is 0.116. The van der Waals surface area contributed by atoms with E-state index in [1.165, 1.54) is 11.8 Å². The molecule has 0 aliphatic carbocycles. The number of rotatable bonds is 5. The summed E-state index contributed by atoms with van der Waals surface area (Å²) >= 11 is 1.49. The molecule has 1 N–H and O–H groups in total. The Hall–Kier alpha value is -2.41. The van der Waals surface area contributed by atoms with E-state index in [2.05, 4.69) is 20.4 Å². The number of benzene rings is 1. The molecule has 0 aliphatic rings. The van der Waals surface area contributed by atoms with Crippen molar-refractivity contribution >= 4 is 34.5 Å². The van der Waals surface area contributed by atoms with Crippen molar-refractivity contribution in [3.63, 3.8) is 0 Å². The van der Waals surface area contributed by atoms with Crippen molar-refractivity contribution in [2.24, 2.45) is 0 Å². The minimum atomic E-state index is -0.116. The molecule has 1 amide bonds. The van der Waals surface area contributed by atoms with E-state index in [4.69, 9.17) is 4.52 Å². The summed E-state index contributed by atoms with van der Waals surface area (Å²) in [6.45, 7) is 3.71. The average Bonchev–Trinajstić information content (AvgIpc) is 2.92. The van der Waals surface area contributed by atoms with E-state index < -0.39 is 0 Å². The van der Waals surface area contributed by atoms with Gasteiger partial charge in [-0.25, -0.2) is 9.97 Å². The number of aryl methyl sites for hydroxylation is 2. The molecule has 7 heteroatoms. The summed E-state index contributed by atoms with van der Waals surface area (Å²) in [6, 6.07) is 9.45. The van der Waals surface area contributed by atoms with Crippen LogP contribution in [0.3, 0.4) is 0 Å². The monoisotopic (exact) mass is 328 g/mol. The van der Waals surface area contributed by atoms with Gasteiger partial charge in [0, 0.05) is 11.8 Å². The number of aromatic nitrogens is 3. The quantitative estimate of drug-likeness (QED) is 0.775. The second kappa shape index (κ2) is 6.78. The molecule has 3 aromatic rings. The summed E-state index contributed by atoms with van der Waals surface area (Å²) in [6.07, 6.45) is 0. The molecule has 1 aromatic carbocycles. The molecule has 0 saturated carbocycles. The predicted molar refractivity (Wildman–Crippen MR) is 90.3 cm³/mol. The maximum absolute atomic E-state index is 11.9. The van der Waals surface area contributed by atoms with Crippen molar-refractivity contribution in [2.45, 2.75) is 19.6 Å². The summed E-state index contributed by atoms with van der Waals surface area (Å²) in [4.78, 5) is 21.0. The van der Waals surface area contributed by atoms with Gasteiger partial charge in [-0.05, 0) is 26.0 Å². The van der Waals surface area contributed by atoms with Crippen LogP contribution in [0.1, 0.15) is 17.1 Å². The van der Waals surface area contributed by atoms with Gasteiger partial charge in [0.25, 0.3) is 0 Å². The first-order chi connectivity index (χ1) is 11.1. The highest BCUT2D eigenvalue weighted by Gasteiger charge is 2.09. The second-order valence-electron chi connectivity index (χ2n) is 5.11. The van der Waals surface area contributed by atoms with Gasteiger partial charge in [0.2, 0.25) is 5.91 Å². The summed E-state index contributed by atoms with van der Waals surface area (Å²) < 4.78 is 4.91. The van der Waals surface area contributed by atoms with Crippen LogP contribution in [-0.4, -0.2) is 26.8 Å². The molecular formula is C16H16N4O2S. The van der Waals surface area contributed by atoms with E-state index in [-0.39, 0.29) is 5.91 Å². The molecule has 0 bridgehead atoms. The maximum atomic E-state index is 11.9. The normalized spacial score (nSPS) is 10.9. The molecule has 2 heterocycles. The van der Waals surface area contributed by atoms with Gasteiger partial charge in [0.15, 0.2) is 5.82 Å². The molecular weight excluding hydrogens is 312 g/mol. The van der Waals surface area contributed by atoms with Crippen LogP contribution >= 0.6 is 11.8 Å². The first-order valence-electron chi connectivity index (χ1n) is 7.15. The molecule has 0 fully saturated rings. The van der Waals surface area contributed by atoms with Gasteiger partial charge in [0.05, 0.1) is 28.2 Å². The number of amides is 1. The predicted octanol–water partition coefficient (Wildman–Crippen LogP) is 3.11. The molecule has 0 unspecified atom stereocenters. The number of hydrogen-bond acceptors (Lipinski definition) is 6. The summed E-state index contributed by atoms with van der Waals surface area (Å²) in [7, 11) is 0. The van der Waals surface area contributed by atoms with Gasteiger partial charge in [0.1, 0.15) is 5.76 Å². The Labute approximate surface area is 137 Å².